The fraction of sp³-hybridized carbons (Fsp3) is 0.727. The molecule has 1 unspecified atom stereocenters. The monoisotopic (exact) mass is 193 g/mol. The van der Waals surface area contributed by atoms with Gasteiger partial charge in [0.25, 0.3) is 0 Å². The van der Waals surface area contributed by atoms with Crippen LogP contribution in [-0.4, -0.2) is 16.3 Å². The SMILES string of the molecule is CCNC1CCCCc2c1cnn2C. The molecule has 1 aromatic rings. The zero-order valence-electron chi connectivity index (χ0n) is 9.08. The summed E-state index contributed by atoms with van der Waals surface area (Å²) in [5.41, 5.74) is 2.85. The number of hydrogen-bond acceptors (Lipinski definition) is 2. The first-order valence-corrected chi connectivity index (χ1v) is 5.57. The third kappa shape index (κ3) is 1.69. The third-order valence-corrected chi connectivity index (χ3v) is 3.08. The summed E-state index contributed by atoms with van der Waals surface area (Å²) < 4.78 is 2.03. The molecule has 0 saturated carbocycles. The lowest BCUT2D eigenvalue weighted by Gasteiger charge is -2.15. The fourth-order valence-corrected chi connectivity index (χ4v) is 2.33. The normalized spacial score (nSPS) is 21.7. The quantitative estimate of drug-likeness (QED) is 0.726. The first kappa shape index (κ1) is 9.71. The van der Waals surface area contributed by atoms with Gasteiger partial charge < -0.3 is 5.32 Å². The van der Waals surface area contributed by atoms with Gasteiger partial charge in [-0.15, -0.1) is 0 Å². The Bertz CT molecular complexity index is 303. The Hall–Kier alpha value is -0.830. The van der Waals surface area contributed by atoms with Crippen LogP contribution in [0.5, 0.6) is 0 Å². The predicted octanol–water partition coefficient (Wildman–Crippen LogP) is 1.80. The molecule has 1 atom stereocenters. The molecule has 1 aromatic heterocycles. The van der Waals surface area contributed by atoms with Crippen molar-refractivity contribution in [3.63, 3.8) is 0 Å². The van der Waals surface area contributed by atoms with E-state index in [1.54, 1.807) is 0 Å². The molecule has 0 aromatic carbocycles. The average Bonchev–Trinajstić information content (AvgIpc) is 2.43. The maximum Gasteiger partial charge on any atom is 0.0540 e. The van der Waals surface area contributed by atoms with Gasteiger partial charge in [0, 0.05) is 24.3 Å². The Morgan fingerprint density at radius 2 is 2.43 bits per heavy atom. The summed E-state index contributed by atoms with van der Waals surface area (Å²) in [5, 5.41) is 7.89. The standard InChI is InChI=1S/C11H19N3/c1-3-12-10-6-4-5-7-11-9(10)8-13-14(11)2/h8,10,12H,3-7H2,1-2H3. The maximum absolute atomic E-state index is 4.35. The highest BCUT2D eigenvalue weighted by Gasteiger charge is 2.20. The molecule has 1 aliphatic rings. The van der Waals surface area contributed by atoms with Gasteiger partial charge in [-0.1, -0.05) is 13.3 Å². The first-order chi connectivity index (χ1) is 6.83. The van der Waals surface area contributed by atoms with Crippen LogP contribution in [0.1, 0.15) is 43.5 Å². The van der Waals surface area contributed by atoms with Crippen LogP contribution in [0.3, 0.4) is 0 Å². The molecule has 78 valence electrons. The summed E-state index contributed by atoms with van der Waals surface area (Å²) in [7, 11) is 2.05. The summed E-state index contributed by atoms with van der Waals surface area (Å²) in [6, 6.07) is 0.534. The first-order valence-electron chi connectivity index (χ1n) is 5.57. The van der Waals surface area contributed by atoms with Gasteiger partial charge >= 0.3 is 0 Å². The Labute approximate surface area is 85.5 Å². The Kier molecular flexibility index (Phi) is 2.87. The second-order valence-electron chi connectivity index (χ2n) is 4.03. The van der Waals surface area contributed by atoms with Crippen molar-refractivity contribution >= 4 is 0 Å². The number of nitrogens with one attached hydrogen (secondary N) is 1. The summed E-state index contributed by atoms with van der Waals surface area (Å²) in [5.74, 6) is 0. The Morgan fingerprint density at radius 1 is 1.57 bits per heavy atom. The van der Waals surface area contributed by atoms with Gasteiger partial charge in [0.15, 0.2) is 0 Å². The molecule has 2 rings (SSSR count). The van der Waals surface area contributed by atoms with E-state index in [1.807, 2.05) is 17.9 Å². The summed E-state index contributed by atoms with van der Waals surface area (Å²) in [6.07, 6.45) is 7.11. The van der Waals surface area contributed by atoms with E-state index in [4.69, 9.17) is 0 Å². The van der Waals surface area contributed by atoms with Crippen LogP contribution in [0.4, 0.5) is 0 Å². The highest BCUT2D eigenvalue weighted by atomic mass is 15.3. The molecule has 14 heavy (non-hydrogen) atoms. The van der Waals surface area contributed by atoms with Gasteiger partial charge in [0.2, 0.25) is 0 Å². The minimum absolute atomic E-state index is 0.534. The van der Waals surface area contributed by atoms with Crippen molar-refractivity contribution in [3.8, 4) is 0 Å². The van der Waals surface area contributed by atoms with Crippen LogP contribution >= 0.6 is 0 Å². The van der Waals surface area contributed by atoms with Crippen LogP contribution in [0, 0.1) is 0 Å². The van der Waals surface area contributed by atoms with E-state index in [0.717, 1.165) is 6.54 Å². The topological polar surface area (TPSA) is 29.9 Å². The number of fused-ring (bicyclic) bond motifs is 1. The second-order valence-corrected chi connectivity index (χ2v) is 4.03. The van der Waals surface area contributed by atoms with Crippen LogP contribution in [0.25, 0.3) is 0 Å². The van der Waals surface area contributed by atoms with E-state index in [0.29, 0.717) is 6.04 Å². The van der Waals surface area contributed by atoms with E-state index in [2.05, 4.69) is 17.3 Å². The molecule has 1 aliphatic carbocycles. The van der Waals surface area contributed by atoms with Crippen molar-refractivity contribution in [2.24, 2.45) is 7.05 Å². The molecule has 0 radical (unpaired) electrons. The lowest BCUT2D eigenvalue weighted by Crippen LogP contribution is -2.20. The van der Waals surface area contributed by atoms with Crippen LogP contribution < -0.4 is 5.32 Å². The van der Waals surface area contributed by atoms with Gasteiger partial charge in [0.05, 0.1) is 6.20 Å². The van der Waals surface area contributed by atoms with Crippen molar-refractivity contribution in [1.82, 2.24) is 15.1 Å². The number of hydrogen-bond donors (Lipinski definition) is 1. The van der Waals surface area contributed by atoms with Gasteiger partial charge in [0.1, 0.15) is 0 Å². The van der Waals surface area contributed by atoms with Crippen molar-refractivity contribution in [1.29, 1.82) is 0 Å². The lowest BCUT2D eigenvalue weighted by molar-refractivity contribution is 0.503. The van der Waals surface area contributed by atoms with E-state index in [1.165, 1.54) is 36.9 Å². The van der Waals surface area contributed by atoms with Crippen molar-refractivity contribution in [2.75, 3.05) is 6.54 Å². The Morgan fingerprint density at radius 3 is 3.21 bits per heavy atom. The minimum atomic E-state index is 0.534. The Balaban J connectivity index is 2.28. The van der Waals surface area contributed by atoms with Gasteiger partial charge in [-0.25, -0.2) is 0 Å². The molecule has 0 aliphatic heterocycles. The summed E-state index contributed by atoms with van der Waals surface area (Å²) >= 11 is 0. The molecule has 0 amide bonds. The summed E-state index contributed by atoms with van der Waals surface area (Å²) in [6.45, 7) is 3.21. The zero-order chi connectivity index (χ0) is 9.97. The number of aryl methyl sites for hydroxylation is 1. The molecule has 3 heteroatoms. The second kappa shape index (κ2) is 4.13. The largest absolute Gasteiger partial charge is 0.310 e. The van der Waals surface area contributed by atoms with E-state index in [-0.39, 0.29) is 0 Å². The third-order valence-electron chi connectivity index (χ3n) is 3.08. The smallest absolute Gasteiger partial charge is 0.0540 e. The van der Waals surface area contributed by atoms with Crippen molar-refractivity contribution in [3.05, 3.63) is 17.5 Å². The summed E-state index contributed by atoms with van der Waals surface area (Å²) in [4.78, 5) is 0. The zero-order valence-corrected chi connectivity index (χ0v) is 9.08. The average molecular weight is 193 g/mol. The van der Waals surface area contributed by atoms with Gasteiger partial charge in [-0.2, -0.15) is 5.10 Å². The van der Waals surface area contributed by atoms with Crippen molar-refractivity contribution < 1.29 is 0 Å². The van der Waals surface area contributed by atoms with E-state index < -0.39 is 0 Å². The molecule has 1 heterocycles. The van der Waals surface area contributed by atoms with Crippen LogP contribution in [-0.2, 0) is 13.5 Å². The highest BCUT2D eigenvalue weighted by Crippen LogP contribution is 2.27. The van der Waals surface area contributed by atoms with E-state index in [9.17, 15) is 0 Å². The molecular weight excluding hydrogens is 174 g/mol. The lowest BCUT2D eigenvalue weighted by atomic mass is 10.1. The van der Waals surface area contributed by atoms with Crippen LogP contribution in [0.15, 0.2) is 6.20 Å². The van der Waals surface area contributed by atoms with Gasteiger partial charge in [-0.3, -0.25) is 4.68 Å². The van der Waals surface area contributed by atoms with Crippen molar-refractivity contribution in [2.45, 2.75) is 38.6 Å². The molecular formula is C11H19N3. The maximum atomic E-state index is 4.35. The minimum Gasteiger partial charge on any atom is -0.310 e. The number of aromatic nitrogens is 2. The van der Waals surface area contributed by atoms with E-state index >= 15 is 0 Å². The molecule has 0 bridgehead atoms. The molecule has 0 spiro atoms. The number of nitrogens with zero attached hydrogens (tertiary/aromatic N) is 2. The molecule has 3 nitrogen and oxygen atoms in total. The molecule has 0 fully saturated rings. The van der Waals surface area contributed by atoms with Gasteiger partial charge in [-0.05, 0) is 25.8 Å². The van der Waals surface area contributed by atoms with Crippen LogP contribution in [0.2, 0.25) is 0 Å². The molecule has 1 N–H and O–H groups in total. The predicted molar refractivity (Wildman–Crippen MR) is 57.2 cm³/mol. The fourth-order valence-electron chi connectivity index (χ4n) is 2.33. The highest BCUT2D eigenvalue weighted by molar-refractivity contribution is 5.23. The molecule has 0 saturated heterocycles. The number of rotatable bonds is 2.